The monoisotopic (exact) mass is 373 g/mol. The van der Waals surface area contributed by atoms with Gasteiger partial charge in [-0.3, -0.25) is 14.4 Å². The van der Waals surface area contributed by atoms with Crippen LogP contribution in [0.15, 0.2) is 10.9 Å². The number of ether oxygens (including phenoxy) is 1. The Labute approximate surface area is 158 Å². The fourth-order valence-corrected chi connectivity index (χ4v) is 4.73. The van der Waals surface area contributed by atoms with Crippen LogP contribution in [0.1, 0.15) is 47.3 Å². The van der Waals surface area contributed by atoms with Crippen molar-refractivity contribution in [3.8, 4) is 0 Å². The van der Waals surface area contributed by atoms with Crippen molar-refractivity contribution in [3.63, 3.8) is 0 Å². The summed E-state index contributed by atoms with van der Waals surface area (Å²) in [6.07, 6.45) is 4.65. The van der Waals surface area contributed by atoms with Crippen molar-refractivity contribution < 1.29 is 14.3 Å². The van der Waals surface area contributed by atoms with Gasteiger partial charge < -0.3 is 19.5 Å². The summed E-state index contributed by atoms with van der Waals surface area (Å²) in [6, 6.07) is 1.77. The number of likely N-dealkylation sites (tertiary alicyclic amines) is 1. The van der Waals surface area contributed by atoms with Crippen molar-refractivity contribution in [2.75, 3.05) is 33.7 Å². The number of rotatable bonds is 3. The molecule has 3 heterocycles. The largest absolute Gasteiger partial charge is 0.461 e. The van der Waals surface area contributed by atoms with E-state index < -0.39 is 5.41 Å². The standard InChI is InChI=1S/C20H27N3O4/c1-22(2)12-14-11-20(19(26)27-14)6-8-23(9-7-20)18(25)15-10-13-4-3-5-16(13)21-17(15)24/h10,14H,3-9,11-12H2,1-2H3,(H,21,24). The van der Waals surface area contributed by atoms with Crippen LogP contribution in [-0.2, 0) is 22.4 Å². The van der Waals surface area contributed by atoms with Gasteiger partial charge in [0.25, 0.3) is 11.5 Å². The van der Waals surface area contributed by atoms with E-state index in [0.29, 0.717) is 32.4 Å². The van der Waals surface area contributed by atoms with Gasteiger partial charge in [0.2, 0.25) is 0 Å². The Morgan fingerprint density at radius 2 is 2.04 bits per heavy atom. The number of aryl methyl sites for hydroxylation is 2. The first-order valence-corrected chi connectivity index (χ1v) is 9.78. The van der Waals surface area contributed by atoms with E-state index in [4.69, 9.17) is 4.74 Å². The number of hydrogen-bond donors (Lipinski definition) is 1. The molecule has 1 amide bonds. The maximum Gasteiger partial charge on any atom is 0.312 e. The van der Waals surface area contributed by atoms with Crippen LogP contribution in [0, 0.1) is 5.41 Å². The Bertz CT molecular complexity index is 821. The Morgan fingerprint density at radius 3 is 2.74 bits per heavy atom. The molecule has 1 atom stereocenters. The molecule has 1 aromatic heterocycles. The van der Waals surface area contributed by atoms with Gasteiger partial charge >= 0.3 is 5.97 Å². The van der Waals surface area contributed by atoms with E-state index in [-0.39, 0.29) is 29.1 Å². The molecule has 4 rings (SSSR count). The predicted octanol–water partition coefficient (Wildman–Crippen LogP) is 0.963. The van der Waals surface area contributed by atoms with E-state index in [0.717, 1.165) is 37.1 Å². The van der Waals surface area contributed by atoms with Crippen molar-refractivity contribution in [1.82, 2.24) is 14.8 Å². The number of likely N-dealkylation sites (N-methyl/N-ethyl adjacent to an activating group) is 1. The number of amides is 1. The second-order valence-electron chi connectivity index (χ2n) is 8.44. The summed E-state index contributed by atoms with van der Waals surface area (Å²) in [5, 5.41) is 0. The molecular weight excluding hydrogens is 346 g/mol. The fraction of sp³-hybridized carbons (Fsp3) is 0.650. The van der Waals surface area contributed by atoms with E-state index in [1.807, 2.05) is 19.0 Å². The maximum atomic E-state index is 12.9. The molecule has 27 heavy (non-hydrogen) atoms. The number of fused-ring (bicyclic) bond motifs is 1. The molecule has 2 fully saturated rings. The molecule has 0 bridgehead atoms. The van der Waals surface area contributed by atoms with Gasteiger partial charge in [-0.05, 0) is 57.8 Å². The molecular formula is C20H27N3O4. The van der Waals surface area contributed by atoms with E-state index in [2.05, 4.69) is 4.98 Å². The van der Waals surface area contributed by atoms with Gasteiger partial charge in [-0.2, -0.15) is 0 Å². The number of carbonyl (C=O) groups excluding carboxylic acids is 2. The van der Waals surface area contributed by atoms with Crippen molar-refractivity contribution in [2.24, 2.45) is 5.41 Å². The van der Waals surface area contributed by atoms with Crippen LogP contribution in [0.4, 0.5) is 0 Å². The quantitative estimate of drug-likeness (QED) is 0.798. The second-order valence-corrected chi connectivity index (χ2v) is 8.44. The number of nitrogens with zero attached hydrogens (tertiary/aromatic N) is 2. The number of cyclic esters (lactones) is 1. The molecule has 1 unspecified atom stereocenters. The van der Waals surface area contributed by atoms with Crippen LogP contribution in [-0.4, -0.2) is 66.5 Å². The fourth-order valence-electron chi connectivity index (χ4n) is 4.73. The zero-order valence-corrected chi connectivity index (χ0v) is 16.0. The summed E-state index contributed by atoms with van der Waals surface area (Å²) >= 11 is 0. The van der Waals surface area contributed by atoms with E-state index in [1.54, 1.807) is 11.0 Å². The maximum absolute atomic E-state index is 12.9. The first-order valence-electron chi connectivity index (χ1n) is 9.78. The highest BCUT2D eigenvalue weighted by Gasteiger charge is 2.50. The van der Waals surface area contributed by atoms with E-state index in [1.165, 1.54) is 0 Å². The van der Waals surface area contributed by atoms with Crippen LogP contribution in [0.5, 0.6) is 0 Å². The van der Waals surface area contributed by atoms with Gasteiger partial charge in [-0.1, -0.05) is 0 Å². The summed E-state index contributed by atoms with van der Waals surface area (Å²) in [5.74, 6) is -0.353. The Balaban J connectivity index is 1.45. The molecule has 2 aliphatic heterocycles. The third-order valence-electron chi connectivity index (χ3n) is 6.22. The molecule has 1 aromatic rings. The molecule has 1 N–H and O–H groups in total. The lowest BCUT2D eigenvalue weighted by molar-refractivity contribution is -0.150. The number of pyridine rings is 1. The zero-order chi connectivity index (χ0) is 19.2. The normalized spacial score (nSPS) is 23.7. The Morgan fingerprint density at radius 1 is 1.30 bits per heavy atom. The van der Waals surface area contributed by atoms with Gasteiger partial charge in [0.05, 0.1) is 5.41 Å². The lowest BCUT2D eigenvalue weighted by Gasteiger charge is -2.36. The minimum Gasteiger partial charge on any atom is -0.461 e. The molecule has 3 aliphatic rings. The Hall–Kier alpha value is -2.15. The third kappa shape index (κ3) is 3.29. The molecule has 146 valence electrons. The van der Waals surface area contributed by atoms with Gasteiger partial charge in [0.15, 0.2) is 0 Å². The molecule has 7 heteroatoms. The van der Waals surface area contributed by atoms with Gasteiger partial charge in [-0.15, -0.1) is 0 Å². The average molecular weight is 373 g/mol. The number of H-pyrrole nitrogens is 1. The topological polar surface area (TPSA) is 82.7 Å². The van der Waals surface area contributed by atoms with Crippen molar-refractivity contribution in [3.05, 3.63) is 33.2 Å². The smallest absolute Gasteiger partial charge is 0.312 e. The van der Waals surface area contributed by atoms with Crippen LogP contribution < -0.4 is 5.56 Å². The molecule has 0 aromatic carbocycles. The number of aromatic amines is 1. The van der Waals surface area contributed by atoms with Gasteiger partial charge in [0.1, 0.15) is 11.7 Å². The molecule has 0 saturated carbocycles. The first kappa shape index (κ1) is 18.2. The summed E-state index contributed by atoms with van der Waals surface area (Å²) in [7, 11) is 3.93. The summed E-state index contributed by atoms with van der Waals surface area (Å²) in [6.45, 7) is 1.69. The number of esters is 1. The highest BCUT2D eigenvalue weighted by atomic mass is 16.6. The number of nitrogens with one attached hydrogen (secondary N) is 1. The van der Waals surface area contributed by atoms with Crippen molar-refractivity contribution in [1.29, 1.82) is 0 Å². The van der Waals surface area contributed by atoms with E-state index >= 15 is 0 Å². The second kappa shape index (κ2) is 6.78. The predicted molar refractivity (Wildman–Crippen MR) is 99.7 cm³/mol. The van der Waals surface area contributed by atoms with Crippen LogP contribution >= 0.6 is 0 Å². The van der Waals surface area contributed by atoms with Gasteiger partial charge in [-0.25, -0.2) is 0 Å². The highest BCUT2D eigenvalue weighted by molar-refractivity contribution is 5.94. The number of carbonyl (C=O) groups is 2. The lowest BCUT2D eigenvalue weighted by Crippen LogP contribution is -2.46. The lowest BCUT2D eigenvalue weighted by atomic mass is 9.76. The van der Waals surface area contributed by atoms with Crippen LogP contribution in [0.25, 0.3) is 0 Å². The SMILES string of the molecule is CN(C)CC1CC2(CCN(C(=O)c3cc4c([nH]c3=O)CCC4)CC2)C(=O)O1. The zero-order valence-electron chi connectivity index (χ0n) is 16.0. The molecule has 1 aliphatic carbocycles. The minimum absolute atomic E-state index is 0.0747. The summed E-state index contributed by atoms with van der Waals surface area (Å²) < 4.78 is 5.58. The molecule has 2 saturated heterocycles. The molecule has 0 radical (unpaired) electrons. The van der Waals surface area contributed by atoms with Crippen molar-refractivity contribution in [2.45, 2.75) is 44.6 Å². The summed E-state index contributed by atoms with van der Waals surface area (Å²) in [4.78, 5) is 44.3. The number of piperidine rings is 1. The van der Waals surface area contributed by atoms with E-state index in [9.17, 15) is 14.4 Å². The van der Waals surface area contributed by atoms with Crippen LogP contribution in [0.3, 0.4) is 0 Å². The summed E-state index contributed by atoms with van der Waals surface area (Å²) in [5.41, 5.74) is 1.51. The third-order valence-corrected chi connectivity index (χ3v) is 6.22. The molecule has 7 nitrogen and oxygen atoms in total. The Kier molecular flexibility index (Phi) is 4.58. The minimum atomic E-state index is -0.470. The highest BCUT2D eigenvalue weighted by Crippen LogP contribution is 2.43. The molecule has 1 spiro atoms. The first-order chi connectivity index (χ1) is 12.9. The number of hydrogen-bond acceptors (Lipinski definition) is 5. The average Bonchev–Trinajstić information content (AvgIpc) is 3.18. The number of aromatic nitrogens is 1. The van der Waals surface area contributed by atoms with Crippen molar-refractivity contribution >= 4 is 11.9 Å². The van der Waals surface area contributed by atoms with Crippen LogP contribution in [0.2, 0.25) is 0 Å². The van der Waals surface area contributed by atoms with Gasteiger partial charge in [0, 0.05) is 31.7 Å².